The van der Waals surface area contributed by atoms with E-state index in [0.29, 0.717) is 5.13 Å². The summed E-state index contributed by atoms with van der Waals surface area (Å²) in [7, 11) is 0. The zero-order valence-corrected chi connectivity index (χ0v) is 14.0. The molecular weight excluding hydrogens is 336 g/mol. The van der Waals surface area contributed by atoms with Gasteiger partial charge in [0.05, 0.1) is 16.8 Å². The van der Waals surface area contributed by atoms with Crippen molar-refractivity contribution in [2.24, 2.45) is 0 Å². The van der Waals surface area contributed by atoms with Crippen LogP contribution in [0.25, 0.3) is 11.3 Å². The Kier molecular flexibility index (Phi) is 3.82. The number of rotatable bonds is 3. The molecule has 1 amide bonds. The fourth-order valence-corrected chi connectivity index (χ4v) is 4.01. The van der Waals surface area contributed by atoms with Crippen LogP contribution in [0.5, 0.6) is 0 Å². The van der Waals surface area contributed by atoms with Gasteiger partial charge < -0.3 is 5.11 Å². The number of benzene rings is 2. The van der Waals surface area contributed by atoms with Crippen molar-refractivity contribution in [1.82, 2.24) is 4.98 Å². The van der Waals surface area contributed by atoms with Crippen LogP contribution in [0.2, 0.25) is 0 Å². The SMILES string of the molecule is O=C(O)c1ccccc1C(=O)Nc1nc2c(s1)CCc1ccccc1-2. The minimum Gasteiger partial charge on any atom is -0.478 e. The molecule has 1 aromatic heterocycles. The maximum atomic E-state index is 12.5. The first kappa shape index (κ1) is 15.5. The van der Waals surface area contributed by atoms with Gasteiger partial charge >= 0.3 is 5.97 Å². The van der Waals surface area contributed by atoms with Crippen molar-refractivity contribution in [3.05, 3.63) is 70.1 Å². The lowest BCUT2D eigenvalue weighted by molar-refractivity contribution is 0.0692. The molecule has 25 heavy (non-hydrogen) atoms. The summed E-state index contributed by atoms with van der Waals surface area (Å²) in [6, 6.07) is 14.3. The molecule has 0 bridgehead atoms. The summed E-state index contributed by atoms with van der Waals surface area (Å²) >= 11 is 1.45. The number of carboxylic acids is 1. The maximum absolute atomic E-state index is 12.5. The van der Waals surface area contributed by atoms with Crippen molar-refractivity contribution < 1.29 is 14.7 Å². The average Bonchev–Trinajstić information content (AvgIpc) is 3.04. The molecule has 0 aliphatic heterocycles. The highest BCUT2D eigenvalue weighted by Gasteiger charge is 2.22. The second-order valence-electron chi connectivity index (χ2n) is 5.75. The number of nitrogens with zero attached hydrogens (tertiary/aromatic N) is 1. The average molecular weight is 350 g/mol. The summed E-state index contributed by atoms with van der Waals surface area (Å²) in [5, 5.41) is 12.5. The summed E-state index contributed by atoms with van der Waals surface area (Å²) < 4.78 is 0. The lowest BCUT2D eigenvalue weighted by Gasteiger charge is -2.13. The number of amides is 1. The Labute approximate surface area is 148 Å². The quantitative estimate of drug-likeness (QED) is 0.752. The molecule has 5 nitrogen and oxygen atoms in total. The van der Waals surface area contributed by atoms with Crippen LogP contribution in [0.3, 0.4) is 0 Å². The lowest BCUT2D eigenvalue weighted by atomic mass is 9.94. The van der Waals surface area contributed by atoms with Gasteiger partial charge in [-0.1, -0.05) is 36.4 Å². The van der Waals surface area contributed by atoms with Crippen LogP contribution in [0.4, 0.5) is 5.13 Å². The summed E-state index contributed by atoms with van der Waals surface area (Å²) in [4.78, 5) is 29.5. The number of hydrogen-bond acceptors (Lipinski definition) is 4. The molecule has 0 saturated carbocycles. The maximum Gasteiger partial charge on any atom is 0.336 e. The minimum atomic E-state index is -1.13. The Balaban J connectivity index is 1.65. The summed E-state index contributed by atoms with van der Waals surface area (Å²) in [6.07, 6.45) is 1.85. The molecule has 1 heterocycles. The number of aromatic carboxylic acids is 1. The van der Waals surface area contributed by atoms with E-state index in [9.17, 15) is 14.7 Å². The van der Waals surface area contributed by atoms with Crippen LogP contribution in [-0.2, 0) is 12.8 Å². The molecule has 0 radical (unpaired) electrons. The Morgan fingerprint density at radius 3 is 2.52 bits per heavy atom. The fraction of sp³-hybridized carbons (Fsp3) is 0.105. The number of hydrogen-bond donors (Lipinski definition) is 2. The van der Waals surface area contributed by atoms with E-state index in [2.05, 4.69) is 16.4 Å². The predicted octanol–water partition coefficient (Wildman–Crippen LogP) is 3.86. The summed E-state index contributed by atoms with van der Waals surface area (Å²) in [6.45, 7) is 0. The van der Waals surface area contributed by atoms with Gasteiger partial charge in [0.25, 0.3) is 5.91 Å². The molecule has 2 N–H and O–H groups in total. The highest BCUT2D eigenvalue weighted by Crippen LogP contribution is 2.38. The van der Waals surface area contributed by atoms with Crippen LogP contribution in [-0.4, -0.2) is 22.0 Å². The van der Waals surface area contributed by atoms with E-state index >= 15 is 0 Å². The van der Waals surface area contributed by atoms with Crippen LogP contribution in [0.1, 0.15) is 31.2 Å². The van der Waals surface area contributed by atoms with Gasteiger partial charge in [0.2, 0.25) is 0 Å². The van der Waals surface area contributed by atoms with Crippen LogP contribution < -0.4 is 5.32 Å². The number of anilines is 1. The topological polar surface area (TPSA) is 79.3 Å². The molecule has 2 aromatic carbocycles. The molecule has 0 atom stereocenters. The summed E-state index contributed by atoms with van der Waals surface area (Å²) in [5.41, 5.74) is 3.38. The van der Waals surface area contributed by atoms with Gasteiger partial charge in [0.1, 0.15) is 0 Å². The molecule has 1 aliphatic rings. The third-order valence-electron chi connectivity index (χ3n) is 4.21. The second-order valence-corrected chi connectivity index (χ2v) is 6.84. The van der Waals surface area contributed by atoms with Crippen LogP contribution in [0.15, 0.2) is 48.5 Å². The second kappa shape index (κ2) is 6.14. The van der Waals surface area contributed by atoms with Gasteiger partial charge in [0, 0.05) is 10.4 Å². The lowest BCUT2D eigenvalue weighted by Crippen LogP contribution is -2.16. The van der Waals surface area contributed by atoms with Crippen molar-refractivity contribution in [1.29, 1.82) is 0 Å². The molecule has 6 heteroatoms. The van der Waals surface area contributed by atoms with Gasteiger partial charge in [-0.3, -0.25) is 10.1 Å². The standard InChI is InChI=1S/C19H14N2O3S/c22-17(13-7-3-4-8-14(13)18(23)24)21-19-20-16-12-6-2-1-5-11(12)9-10-15(16)25-19/h1-8H,9-10H2,(H,23,24)(H,20,21,22). The van der Waals surface area contributed by atoms with E-state index in [-0.39, 0.29) is 11.1 Å². The van der Waals surface area contributed by atoms with E-state index in [1.165, 1.54) is 29.0 Å². The number of thiazole rings is 1. The molecule has 1 aliphatic carbocycles. The van der Waals surface area contributed by atoms with Crippen LogP contribution >= 0.6 is 11.3 Å². The van der Waals surface area contributed by atoms with Crippen molar-refractivity contribution in [2.75, 3.05) is 5.32 Å². The number of fused-ring (bicyclic) bond motifs is 3. The van der Waals surface area contributed by atoms with Crippen molar-refractivity contribution in [2.45, 2.75) is 12.8 Å². The zero-order chi connectivity index (χ0) is 17.4. The van der Waals surface area contributed by atoms with E-state index < -0.39 is 11.9 Å². The van der Waals surface area contributed by atoms with Gasteiger partial charge in [-0.2, -0.15) is 0 Å². The van der Waals surface area contributed by atoms with E-state index in [0.717, 1.165) is 29.0 Å². The van der Waals surface area contributed by atoms with E-state index in [1.54, 1.807) is 12.1 Å². The molecule has 4 rings (SSSR count). The van der Waals surface area contributed by atoms with Crippen molar-refractivity contribution in [3.63, 3.8) is 0 Å². The minimum absolute atomic E-state index is 0.0216. The highest BCUT2D eigenvalue weighted by molar-refractivity contribution is 7.16. The first-order valence-electron chi connectivity index (χ1n) is 7.85. The number of aromatic nitrogens is 1. The van der Waals surface area contributed by atoms with Gasteiger partial charge in [-0.05, 0) is 30.5 Å². The largest absolute Gasteiger partial charge is 0.478 e. The molecule has 0 saturated heterocycles. The Hall–Kier alpha value is -2.99. The van der Waals surface area contributed by atoms with E-state index in [1.807, 2.05) is 18.2 Å². The van der Waals surface area contributed by atoms with Crippen molar-refractivity contribution in [3.8, 4) is 11.3 Å². The molecule has 124 valence electrons. The normalized spacial score (nSPS) is 12.2. The first-order valence-corrected chi connectivity index (χ1v) is 8.67. The molecule has 0 unspecified atom stereocenters. The van der Waals surface area contributed by atoms with Crippen molar-refractivity contribution >= 4 is 28.3 Å². The Morgan fingerprint density at radius 1 is 1.00 bits per heavy atom. The van der Waals surface area contributed by atoms with Gasteiger partial charge in [-0.25, -0.2) is 9.78 Å². The number of nitrogens with one attached hydrogen (secondary N) is 1. The smallest absolute Gasteiger partial charge is 0.336 e. The molecule has 0 fully saturated rings. The molecule has 0 spiro atoms. The number of carboxylic acid groups (broad SMARTS) is 1. The Morgan fingerprint density at radius 2 is 1.72 bits per heavy atom. The highest BCUT2D eigenvalue weighted by atomic mass is 32.1. The zero-order valence-electron chi connectivity index (χ0n) is 13.2. The van der Waals surface area contributed by atoms with E-state index in [4.69, 9.17) is 0 Å². The molecular formula is C19H14N2O3S. The third-order valence-corrected chi connectivity index (χ3v) is 5.24. The summed E-state index contributed by atoms with van der Waals surface area (Å²) in [5.74, 6) is -1.59. The Bertz CT molecular complexity index is 994. The van der Waals surface area contributed by atoms with Gasteiger partial charge in [0.15, 0.2) is 5.13 Å². The first-order chi connectivity index (χ1) is 12.1. The number of aryl methyl sites for hydroxylation is 2. The predicted molar refractivity (Wildman–Crippen MR) is 96.3 cm³/mol. The fourth-order valence-electron chi connectivity index (χ4n) is 3.03. The third kappa shape index (κ3) is 2.81. The molecule has 3 aromatic rings. The van der Waals surface area contributed by atoms with Gasteiger partial charge in [-0.15, -0.1) is 11.3 Å². The number of carbonyl (C=O) groups is 2. The van der Waals surface area contributed by atoms with Crippen LogP contribution in [0, 0.1) is 0 Å². The number of carbonyl (C=O) groups excluding carboxylic acids is 1. The monoisotopic (exact) mass is 350 g/mol.